The summed E-state index contributed by atoms with van der Waals surface area (Å²) >= 11 is 0. The molecule has 0 spiro atoms. The Kier molecular flexibility index (Phi) is 7.11. The van der Waals surface area contributed by atoms with Gasteiger partial charge in [0.1, 0.15) is 0 Å². The van der Waals surface area contributed by atoms with E-state index in [-0.39, 0.29) is 17.2 Å². The lowest BCUT2D eigenvalue weighted by atomic mass is 9.94. The smallest absolute Gasteiger partial charge is 0.228 e. The number of nitrogens with zero attached hydrogens (tertiary/aromatic N) is 2. The number of ether oxygens (including phenoxy) is 2. The van der Waals surface area contributed by atoms with Crippen LogP contribution < -0.4 is 9.47 Å². The third kappa shape index (κ3) is 5.62. The van der Waals surface area contributed by atoms with Gasteiger partial charge in [-0.15, -0.1) is 0 Å². The van der Waals surface area contributed by atoms with E-state index in [2.05, 4.69) is 0 Å². The first-order valence-electron chi connectivity index (χ1n) is 9.54. The maximum Gasteiger partial charge on any atom is 0.228 e. The lowest BCUT2D eigenvalue weighted by molar-refractivity contribution is -0.139. The maximum absolute atomic E-state index is 12.6. The Morgan fingerprint density at radius 2 is 1.59 bits per heavy atom. The summed E-state index contributed by atoms with van der Waals surface area (Å²) in [6.07, 6.45) is 1.92. The van der Waals surface area contributed by atoms with E-state index in [4.69, 9.17) is 9.47 Å². The molecule has 6 heteroatoms. The Morgan fingerprint density at radius 3 is 2.22 bits per heavy atom. The van der Waals surface area contributed by atoms with E-state index in [1.54, 1.807) is 14.2 Å². The predicted molar refractivity (Wildman–Crippen MR) is 105 cm³/mol. The van der Waals surface area contributed by atoms with Crippen molar-refractivity contribution < 1.29 is 19.1 Å². The minimum absolute atomic E-state index is 0.134. The van der Waals surface area contributed by atoms with E-state index in [1.165, 1.54) is 0 Å². The van der Waals surface area contributed by atoms with Crippen LogP contribution in [-0.2, 0) is 16.0 Å². The van der Waals surface area contributed by atoms with Gasteiger partial charge in [0.05, 0.1) is 14.2 Å². The first-order chi connectivity index (χ1) is 12.8. The number of hydrogen-bond donors (Lipinski definition) is 0. The summed E-state index contributed by atoms with van der Waals surface area (Å²) in [4.78, 5) is 28.9. The molecule has 2 amide bonds. The molecule has 27 heavy (non-hydrogen) atoms. The Morgan fingerprint density at radius 1 is 0.963 bits per heavy atom. The summed E-state index contributed by atoms with van der Waals surface area (Å²) < 4.78 is 10.6. The summed E-state index contributed by atoms with van der Waals surface area (Å²) in [7, 11) is 3.21. The van der Waals surface area contributed by atoms with Gasteiger partial charge in [-0.2, -0.15) is 0 Å². The zero-order valence-corrected chi connectivity index (χ0v) is 17.2. The molecule has 1 aromatic carbocycles. The van der Waals surface area contributed by atoms with E-state index in [9.17, 15) is 9.59 Å². The molecule has 1 heterocycles. The number of benzene rings is 1. The molecular formula is C21H32N2O4. The molecule has 1 saturated heterocycles. The number of carbonyl (C=O) groups excluding carboxylic acids is 2. The summed E-state index contributed by atoms with van der Waals surface area (Å²) in [6.45, 7) is 8.45. The minimum Gasteiger partial charge on any atom is -0.493 e. The van der Waals surface area contributed by atoms with E-state index in [1.807, 2.05) is 48.8 Å². The van der Waals surface area contributed by atoms with E-state index in [0.717, 1.165) is 18.5 Å². The van der Waals surface area contributed by atoms with Gasteiger partial charge in [-0.25, -0.2) is 0 Å². The molecule has 0 radical (unpaired) electrons. The van der Waals surface area contributed by atoms with Gasteiger partial charge < -0.3 is 19.3 Å². The van der Waals surface area contributed by atoms with Crippen LogP contribution in [0.5, 0.6) is 11.5 Å². The molecule has 150 valence electrons. The summed E-state index contributed by atoms with van der Waals surface area (Å²) in [5.41, 5.74) is 0.660. The maximum atomic E-state index is 12.6. The Labute approximate surface area is 162 Å². The molecule has 0 aromatic heterocycles. The second-order valence-corrected chi connectivity index (χ2v) is 7.97. The fourth-order valence-corrected chi connectivity index (χ4v) is 3.29. The van der Waals surface area contributed by atoms with Crippen LogP contribution in [0.3, 0.4) is 0 Å². The molecule has 0 atom stereocenters. The van der Waals surface area contributed by atoms with Crippen molar-refractivity contribution in [1.82, 2.24) is 9.80 Å². The van der Waals surface area contributed by atoms with Crippen molar-refractivity contribution >= 4 is 11.8 Å². The van der Waals surface area contributed by atoms with Crippen LogP contribution in [0.15, 0.2) is 18.2 Å². The molecule has 0 N–H and O–H groups in total. The molecule has 0 aliphatic carbocycles. The molecule has 1 fully saturated rings. The van der Waals surface area contributed by atoms with Crippen LogP contribution in [0.2, 0.25) is 0 Å². The van der Waals surface area contributed by atoms with Crippen molar-refractivity contribution in [3.63, 3.8) is 0 Å². The van der Waals surface area contributed by atoms with Crippen molar-refractivity contribution in [3.05, 3.63) is 23.8 Å². The van der Waals surface area contributed by atoms with Crippen molar-refractivity contribution in [2.24, 2.45) is 5.41 Å². The highest BCUT2D eigenvalue weighted by Crippen LogP contribution is 2.28. The SMILES string of the molecule is COc1ccc(CCC(=O)N2CCCN(C(=O)C(C)(C)C)CC2)cc1OC. The van der Waals surface area contributed by atoms with Gasteiger partial charge in [0, 0.05) is 38.0 Å². The fourth-order valence-electron chi connectivity index (χ4n) is 3.29. The second kappa shape index (κ2) is 9.11. The molecule has 0 saturated carbocycles. The van der Waals surface area contributed by atoms with Crippen LogP contribution in [0.4, 0.5) is 0 Å². The van der Waals surface area contributed by atoms with E-state index in [0.29, 0.717) is 44.0 Å². The summed E-state index contributed by atoms with van der Waals surface area (Å²) in [6, 6.07) is 5.74. The predicted octanol–water partition coefficient (Wildman–Crippen LogP) is 2.74. The molecule has 0 unspecified atom stereocenters. The third-order valence-corrected chi connectivity index (χ3v) is 4.85. The lowest BCUT2D eigenvalue weighted by Crippen LogP contribution is -2.42. The number of methoxy groups -OCH3 is 2. The molecule has 1 aliphatic heterocycles. The first-order valence-corrected chi connectivity index (χ1v) is 9.54. The summed E-state index contributed by atoms with van der Waals surface area (Å²) in [5.74, 6) is 1.65. The average molecular weight is 376 g/mol. The molecule has 6 nitrogen and oxygen atoms in total. The van der Waals surface area contributed by atoms with Crippen LogP contribution in [0, 0.1) is 5.41 Å². The number of aryl methyl sites for hydroxylation is 1. The zero-order chi connectivity index (χ0) is 20.0. The first kappa shape index (κ1) is 21.1. The third-order valence-electron chi connectivity index (χ3n) is 4.85. The molecular weight excluding hydrogens is 344 g/mol. The van der Waals surface area contributed by atoms with Crippen molar-refractivity contribution in [3.8, 4) is 11.5 Å². The molecule has 0 bridgehead atoms. The van der Waals surface area contributed by atoms with Gasteiger partial charge in [-0.1, -0.05) is 26.8 Å². The topological polar surface area (TPSA) is 59.1 Å². The molecule has 2 rings (SSSR count). The lowest BCUT2D eigenvalue weighted by Gasteiger charge is -2.28. The number of hydrogen-bond acceptors (Lipinski definition) is 4. The average Bonchev–Trinajstić information content (AvgIpc) is 2.90. The highest BCUT2D eigenvalue weighted by Gasteiger charge is 2.29. The van der Waals surface area contributed by atoms with Crippen molar-refractivity contribution in [2.45, 2.75) is 40.0 Å². The molecule has 1 aromatic rings. The van der Waals surface area contributed by atoms with Crippen LogP contribution in [0.1, 0.15) is 39.2 Å². The van der Waals surface area contributed by atoms with Crippen molar-refractivity contribution in [1.29, 1.82) is 0 Å². The van der Waals surface area contributed by atoms with Gasteiger partial charge in [0.2, 0.25) is 11.8 Å². The highest BCUT2D eigenvalue weighted by atomic mass is 16.5. The Balaban J connectivity index is 1.90. The van der Waals surface area contributed by atoms with Gasteiger partial charge in [0.15, 0.2) is 11.5 Å². The number of rotatable bonds is 5. The second-order valence-electron chi connectivity index (χ2n) is 7.97. The van der Waals surface area contributed by atoms with Gasteiger partial charge >= 0.3 is 0 Å². The largest absolute Gasteiger partial charge is 0.493 e. The van der Waals surface area contributed by atoms with Gasteiger partial charge in [-0.3, -0.25) is 9.59 Å². The van der Waals surface area contributed by atoms with Gasteiger partial charge in [-0.05, 0) is 30.5 Å². The van der Waals surface area contributed by atoms with E-state index < -0.39 is 0 Å². The van der Waals surface area contributed by atoms with Crippen LogP contribution in [-0.4, -0.2) is 62.0 Å². The minimum atomic E-state index is -0.382. The van der Waals surface area contributed by atoms with Crippen molar-refractivity contribution in [2.75, 3.05) is 40.4 Å². The normalized spacial score (nSPS) is 15.3. The molecule has 1 aliphatic rings. The number of carbonyl (C=O) groups is 2. The number of amides is 2. The standard InChI is InChI=1S/C21H32N2O4/c1-21(2,3)20(25)23-12-6-11-22(13-14-23)19(24)10-8-16-7-9-17(26-4)18(15-16)27-5/h7,9,15H,6,8,10-14H2,1-5H3. The van der Waals surface area contributed by atoms with Crippen LogP contribution in [0.25, 0.3) is 0 Å². The highest BCUT2D eigenvalue weighted by molar-refractivity contribution is 5.82. The zero-order valence-electron chi connectivity index (χ0n) is 17.2. The fraction of sp³-hybridized carbons (Fsp3) is 0.619. The monoisotopic (exact) mass is 376 g/mol. The van der Waals surface area contributed by atoms with Gasteiger partial charge in [0.25, 0.3) is 0 Å². The quantitative estimate of drug-likeness (QED) is 0.793. The Bertz CT molecular complexity index is 667. The Hall–Kier alpha value is -2.24. The summed E-state index contributed by atoms with van der Waals surface area (Å²) in [5, 5.41) is 0. The van der Waals surface area contributed by atoms with Crippen LogP contribution >= 0.6 is 0 Å². The van der Waals surface area contributed by atoms with E-state index >= 15 is 0 Å².